The smallest absolute Gasteiger partial charge is 0.0223 e. The van der Waals surface area contributed by atoms with Gasteiger partial charge in [-0.15, -0.1) is 0 Å². The van der Waals surface area contributed by atoms with Crippen LogP contribution < -0.4 is 5.32 Å². The monoisotopic (exact) mass is 251 g/mol. The summed E-state index contributed by atoms with van der Waals surface area (Å²) < 4.78 is 0. The van der Waals surface area contributed by atoms with Gasteiger partial charge in [0, 0.05) is 18.6 Å². The summed E-state index contributed by atoms with van der Waals surface area (Å²) in [7, 11) is 0. The fourth-order valence-electron chi connectivity index (χ4n) is 3.99. The molecule has 2 atom stereocenters. The summed E-state index contributed by atoms with van der Waals surface area (Å²) in [4.78, 5) is 5.48. The number of hydrogen-bond donors (Lipinski definition) is 1. The maximum Gasteiger partial charge on any atom is 0.0223 e. The standard InChI is InChI=1S/C15H29N3/c1-2-8-16-14(5-1)7-12-17-9-4-11-18-10-3-6-15(18)13-17/h14-16H,1-13H2. The van der Waals surface area contributed by atoms with Crippen molar-refractivity contribution in [3.05, 3.63) is 0 Å². The number of fused-ring (bicyclic) bond motifs is 1. The van der Waals surface area contributed by atoms with Gasteiger partial charge in [0.15, 0.2) is 0 Å². The molecule has 3 heterocycles. The highest BCUT2D eigenvalue weighted by Crippen LogP contribution is 2.21. The molecule has 2 unspecified atom stereocenters. The normalized spacial score (nSPS) is 35.3. The highest BCUT2D eigenvalue weighted by atomic mass is 15.3. The molecule has 0 aromatic rings. The molecule has 104 valence electrons. The molecule has 0 spiro atoms. The fourth-order valence-corrected chi connectivity index (χ4v) is 3.99. The first-order valence-corrected chi connectivity index (χ1v) is 8.11. The van der Waals surface area contributed by atoms with Crippen LogP contribution in [0.5, 0.6) is 0 Å². The van der Waals surface area contributed by atoms with E-state index in [0.717, 1.165) is 12.1 Å². The predicted octanol–water partition coefficient (Wildman–Crippen LogP) is 1.69. The van der Waals surface area contributed by atoms with Crippen molar-refractivity contribution in [2.24, 2.45) is 0 Å². The molecular formula is C15H29N3. The van der Waals surface area contributed by atoms with Crippen molar-refractivity contribution in [2.45, 2.75) is 57.0 Å². The zero-order chi connectivity index (χ0) is 12.2. The Morgan fingerprint density at radius 1 is 0.944 bits per heavy atom. The molecule has 3 aliphatic rings. The van der Waals surface area contributed by atoms with Crippen LogP contribution in [0.25, 0.3) is 0 Å². The number of rotatable bonds is 3. The maximum atomic E-state index is 3.68. The van der Waals surface area contributed by atoms with Crippen molar-refractivity contribution in [3.63, 3.8) is 0 Å². The summed E-state index contributed by atoms with van der Waals surface area (Å²) in [6.07, 6.45) is 9.86. The van der Waals surface area contributed by atoms with E-state index in [4.69, 9.17) is 0 Å². The number of nitrogens with zero attached hydrogens (tertiary/aromatic N) is 2. The quantitative estimate of drug-likeness (QED) is 0.823. The van der Waals surface area contributed by atoms with Gasteiger partial charge >= 0.3 is 0 Å². The van der Waals surface area contributed by atoms with Crippen LogP contribution in [-0.4, -0.2) is 61.2 Å². The topological polar surface area (TPSA) is 18.5 Å². The van der Waals surface area contributed by atoms with Gasteiger partial charge in [0.25, 0.3) is 0 Å². The van der Waals surface area contributed by atoms with Crippen molar-refractivity contribution in [3.8, 4) is 0 Å². The van der Waals surface area contributed by atoms with Crippen LogP contribution in [0.4, 0.5) is 0 Å². The van der Waals surface area contributed by atoms with Gasteiger partial charge in [0.05, 0.1) is 0 Å². The van der Waals surface area contributed by atoms with Gasteiger partial charge in [-0.2, -0.15) is 0 Å². The van der Waals surface area contributed by atoms with Crippen molar-refractivity contribution in [1.82, 2.24) is 15.1 Å². The molecule has 0 aliphatic carbocycles. The second-order valence-corrected chi connectivity index (χ2v) is 6.42. The highest BCUT2D eigenvalue weighted by molar-refractivity contribution is 4.85. The molecule has 18 heavy (non-hydrogen) atoms. The van der Waals surface area contributed by atoms with Crippen molar-refractivity contribution in [1.29, 1.82) is 0 Å². The van der Waals surface area contributed by atoms with E-state index in [1.54, 1.807) is 0 Å². The van der Waals surface area contributed by atoms with Gasteiger partial charge < -0.3 is 10.2 Å². The lowest BCUT2D eigenvalue weighted by atomic mass is 10.0. The van der Waals surface area contributed by atoms with Crippen LogP contribution in [-0.2, 0) is 0 Å². The molecule has 3 aliphatic heterocycles. The minimum Gasteiger partial charge on any atom is -0.314 e. The minimum absolute atomic E-state index is 0.807. The molecular weight excluding hydrogens is 222 g/mol. The molecule has 1 N–H and O–H groups in total. The summed E-state index contributed by atoms with van der Waals surface area (Å²) in [5.74, 6) is 0. The molecule has 0 bridgehead atoms. The molecule has 3 rings (SSSR count). The van der Waals surface area contributed by atoms with E-state index >= 15 is 0 Å². The third kappa shape index (κ3) is 3.25. The Hall–Kier alpha value is -0.120. The lowest BCUT2D eigenvalue weighted by molar-refractivity contribution is 0.209. The number of nitrogens with one attached hydrogen (secondary N) is 1. The van der Waals surface area contributed by atoms with E-state index in [9.17, 15) is 0 Å². The molecule has 0 aromatic heterocycles. The zero-order valence-electron chi connectivity index (χ0n) is 11.7. The fraction of sp³-hybridized carbons (Fsp3) is 1.00. The van der Waals surface area contributed by atoms with Crippen molar-refractivity contribution < 1.29 is 0 Å². The summed E-state index contributed by atoms with van der Waals surface area (Å²) in [6, 6.07) is 1.69. The Morgan fingerprint density at radius 3 is 2.78 bits per heavy atom. The second kappa shape index (κ2) is 6.36. The summed E-state index contributed by atoms with van der Waals surface area (Å²) in [6.45, 7) is 7.96. The Balaban J connectivity index is 1.43. The molecule has 0 radical (unpaired) electrons. The Bertz CT molecular complexity index is 250. The summed E-state index contributed by atoms with van der Waals surface area (Å²) >= 11 is 0. The first-order chi connectivity index (χ1) is 8.92. The molecule has 3 nitrogen and oxygen atoms in total. The van der Waals surface area contributed by atoms with Crippen LogP contribution in [0, 0.1) is 0 Å². The van der Waals surface area contributed by atoms with Gasteiger partial charge in [0.1, 0.15) is 0 Å². The SMILES string of the molecule is C1CCC(CCN2CCCN3CCCC3C2)NC1. The van der Waals surface area contributed by atoms with Crippen LogP contribution in [0.2, 0.25) is 0 Å². The third-order valence-electron chi connectivity index (χ3n) is 5.09. The third-order valence-corrected chi connectivity index (χ3v) is 5.09. The van der Waals surface area contributed by atoms with E-state index in [1.165, 1.54) is 84.2 Å². The van der Waals surface area contributed by atoms with Crippen LogP contribution in [0.15, 0.2) is 0 Å². The Morgan fingerprint density at radius 2 is 1.89 bits per heavy atom. The van der Waals surface area contributed by atoms with Crippen LogP contribution >= 0.6 is 0 Å². The number of hydrogen-bond acceptors (Lipinski definition) is 3. The van der Waals surface area contributed by atoms with Crippen molar-refractivity contribution >= 4 is 0 Å². The first kappa shape index (κ1) is 12.9. The van der Waals surface area contributed by atoms with E-state index < -0.39 is 0 Å². The molecule has 0 amide bonds. The van der Waals surface area contributed by atoms with Crippen LogP contribution in [0.3, 0.4) is 0 Å². The van der Waals surface area contributed by atoms with E-state index in [2.05, 4.69) is 15.1 Å². The Labute approximate surface area is 112 Å². The van der Waals surface area contributed by atoms with Gasteiger partial charge in [-0.1, -0.05) is 6.42 Å². The molecule has 3 saturated heterocycles. The summed E-state index contributed by atoms with van der Waals surface area (Å²) in [5.41, 5.74) is 0. The lowest BCUT2D eigenvalue weighted by Gasteiger charge is -2.29. The van der Waals surface area contributed by atoms with E-state index in [0.29, 0.717) is 0 Å². The average Bonchev–Trinajstić information content (AvgIpc) is 2.76. The molecule has 0 aromatic carbocycles. The van der Waals surface area contributed by atoms with Gasteiger partial charge in [-0.05, 0) is 71.2 Å². The molecule has 3 heteroatoms. The largest absolute Gasteiger partial charge is 0.314 e. The summed E-state index contributed by atoms with van der Waals surface area (Å²) in [5, 5.41) is 3.68. The van der Waals surface area contributed by atoms with E-state index in [1.807, 2.05) is 0 Å². The van der Waals surface area contributed by atoms with Crippen LogP contribution in [0.1, 0.15) is 44.9 Å². The highest BCUT2D eigenvalue weighted by Gasteiger charge is 2.28. The van der Waals surface area contributed by atoms with Crippen molar-refractivity contribution in [2.75, 3.05) is 39.3 Å². The van der Waals surface area contributed by atoms with E-state index in [-0.39, 0.29) is 0 Å². The lowest BCUT2D eigenvalue weighted by Crippen LogP contribution is -2.40. The zero-order valence-corrected chi connectivity index (χ0v) is 11.7. The predicted molar refractivity (Wildman–Crippen MR) is 75.9 cm³/mol. The number of piperidine rings is 1. The molecule has 0 saturated carbocycles. The van der Waals surface area contributed by atoms with Gasteiger partial charge in [-0.25, -0.2) is 0 Å². The maximum absolute atomic E-state index is 3.68. The average molecular weight is 251 g/mol. The van der Waals surface area contributed by atoms with Gasteiger partial charge in [0.2, 0.25) is 0 Å². The molecule has 3 fully saturated rings. The van der Waals surface area contributed by atoms with Gasteiger partial charge in [-0.3, -0.25) is 4.90 Å². The first-order valence-electron chi connectivity index (χ1n) is 8.11. The second-order valence-electron chi connectivity index (χ2n) is 6.42. The Kier molecular flexibility index (Phi) is 4.55. The minimum atomic E-state index is 0.807.